The Morgan fingerprint density at radius 3 is 1.58 bits per heavy atom. The van der Waals surface area contributed by atoms with Crippen LogP contribution in [0, 0.1) is 62.2 Å². The molecule has 0 N–H and O–H groups in total. The molecule has 7 heteroatoms. The van der Waals surface area contributed by atoms with Crippen molar-refractivity contribution in [3.8, 4) is 5.75 Å². The van der Waals surface area contributed by atoms with Crippen LogP contribution >= 0.6 is 0 Å². The summed E-state index contributed by atoms with van der Waals surface area (Å²) in [5.41, 5.74) is 16.4. The van der Waals surface area contributed by atoms with E-state index < -0.39 is 0 Å². The molecule has 3 aliphatic heterocycles. The van der Waals surface area contributed by atoms with E-state index in [0.29, 0.717) is 24.4 Å². The molecule has 8 rings (SSSR count). The largest absolute Gasteiger partial charge is 0.496 e. The van der Waals surface area contributed by atoms with Gasteiger partial charge in [-0.2, -0.15) is 0 Å². The summed E-state index contributed by atoms with van der Waals surface area (Å²) in [4.78, 5) is 0. The second-order valence-electron chi connectivity index (χ2n) is 16.9. The molecule has 3 aromatic carbocycles. The first-order chi connectivity index (χ1) is 25.3. The van der Waals surface area contributed by atoms with Crippen LogP contribution in [0.1, 0.15) is 113 Å². The number of hydrogen-bond donors (Lipinski definition) is 0. The Balaban J connectivity index is 0.000000374. The quantitative estimate of drug-likeness (QED) is 0.244. The molecule has 4 radical (unpaired) electrons. The summed E-state index contributed by atoms with van der Waals surface area (Å²) in [7, 11) is 0. The van der Waals surface area contributed by atoms with Gasteiger partial charge < -0.3 is 14.2 Å². The van der Waals surface area contributed by atoms with Gasteiger partial charge in [-0.05, 0) is 137 Å². The zero-order valence-corrected chi connectivity index (χ0v) is 48.5. The first-order valence-electron chi connectivity index (χ1n) is 20.2. The van der Waals surface area contributed by atoms with Crippen LogP contribution in [0.4, 0.5) is 0 Å². The first kappa shape index (κ1) is 55.6. The van der Waals surface area contributed by atoms with Gasteiger partial charge in [0.2, 0.25) is 0 Å². The molecule has 0 amide bonds. The van der Waals surface area contributed by atoms with E-state index in [9.17, 15) is 0 Å². The zero-order valence-electron chi connectivity index (χ0n) is 37.1. The van der Waals surface area contributed by atoms with Crippen molar-refractivity contribution in [3.05, 3.63) is 129 Å². The summed E-state index contributed by atoms with van der Waals surface area (Å²) in [6.45, 7) is 29.6. The summed E-state index contributed by atoms with van der Waals surface area (Å²) in [5.74, 6) is 6.73. The van der Waals surface area contributed by atoms with E-state index in [-0.39, 0.29) is 131 Å². The van der Waals surface area contributed by atoms with Crippen molar-refractivity contribution in [2.24, 2.45) is 41.4 Å². The summed E-state index contributed by atoms with van der Waals surface area (Å²) in [5, 5.41) is 0. The third-order valence-electron chi connectivity index (χ3n) is 11.6. The molecule has 1 saturated carbocycles. The summed E-state index contributed by atoms with van der Waals surface area (Å²) in [6.07, 6.45) is 10.2. The van der Waals surface area contributed by atoms with E-state index in [1.54, 1.807) is 5.57 Å². The normalized spacial score (nSPS) is 19.1. The number of benzene rings is 3. The number of fused-ring (bicyclic) bond motifs is 4. The Kier molecular flexibility index (Phi) is 25.6. The fraction of sp³-hybridized carbons (Fsp3) is 0.480. The van der Waals surface area contributed by atoms with Crippen LogP contribution in [0.25, 0.3) is 16.7 Å². The Hall–Kier alpha value is 0.596. The van der Waals surface area contributed by atoms with Crippen molar-refractivity contribution < 1.29 is 145 Å². The van der Waals surface area contributed by atoms with Gasteiger partial charge in [-0.1, -0.05) is 128 Å². The van der Waals surface area contributed by atoms with Crippen LogP contribution in [0.3, 0.4) is 0 Å². The minimum Gasteiger partial charge on any atom is -0.496 e. The molecular formula is C50H66O3Y4. The molecule has 3 nitrogen and oxygen atoms in total. The number of aryl methyl sites for hydroxylation is 3. The van der Waals surface area contributed by atoms with E-state index in [1.807, 2.05) is 6.26 Å². The van der Waals surface area contributed by atoms with Crippen LogP contribution in [0.5, 0.6) is 5.75 Å². The first-order valence-corrected chi connectivity index (χ1v) is 20.2. The molecular weight excluding hydrogens is 1000 g/mol. The van der Waals surface area contributed by atoms with E-state index in [0.717, 1.165) is 49.2 Å². The van der Waals surface area contributed by atoms with Crippen molar-refractivity contribution in [2.75, 3.05) is 13.2 Å². The van der Waals surface area contributed by atoms with Crippen molar-refractivity contribution in [1.29, 1.82) is 0 Å². The average Bonchev–Trinajstić information content (AvgIpc) is 3.74. The maximum Gasteiger partial charge on any atom is 0.130 e. The van der Waals surface area contributed by atoms with Crippen molar-refractivity contribution >= 4 is 16.7 Å². The summed E-state index contributed by atoms with van der Waals surface area (Å²) >= 11 is 0. The standard InChI is InChI=1S/C14H18O.2C13H16O.C10H16.4Y/c1-10(2)12-7-8-15-9-14-11(3)5-4-6-13(12)14;1-9(2)12-7-14-8-13-10(3)5-4-6-11(12)13;1-9(2)11-7-8-14-13-10(3)5-4-6-12(11)13;1-6(2)10-8-4-7(3)5-9(8)10;;;;/h4-7,10H,8-9H2,1-3H3;2*4-7,9H,8H2,1-3H3;4,6,8-10H,5H2,1-3H3;;;;. The number of allylic oxidation sites excluding steroid dienone is 5. The molecule has 3 atom stereocenters. The maximum absolute atomic E-state index is 5.66. The van der Waals surface area contributed by atoms with Gasteiger partial charge in [-0.25, -0.2) is 0 Å². The molecule has 3 unspecified atom stereocenters. The zero-order chi connectivity index (χ0) is 38.4. The van der Waals surface area contributed by atoms with Gasteiger partial charge in [-0.15, -0.1) is 0 Å². The van der Waals surface area contributed by atoms with E-state index in [4.69, 9.17) is 14.2 Å². The van der Waals surface area contributed by atoms with Gasteiger partial charge in [-0.3, -0.25) is 0 Å². The summed E-state index contributed by atoms with van der Waals surface area (Å²) < 4.78 is 16.8. The van der Waals surface area contributed by atoms with Crippen LogP contribution < -0.4 is 4.74 Å². The van der Waals surface area contributed by atoms with Crippen LogP contribution in [-0.4, -0.2) is 13.2 Å². The van der Waals surface area contributed by atoms with E-state index in [2.05, 4.69) is 156 Å². The number of rotatable bonds is 4. The molecule has 296 valence electrons. The molecule has 5 aliphatic rings. The molecule has 0 spiro atoms. The predicted octanol–water partition coefficient (Wildman–Crippen LogP) is 13.4. The Morgan fingerprint density at radius 1 is 0.561 bits per heavy atom. The maximum atomic E-state index is 5.66. The molecule has 3 heterocycles. The van der Waals surface area contributed by atoms with Crippen LogP contribution in [-0.2, 0) is 154 Å². The number of ether oxygens (including phenoxy) is 3. The molecule has 0 aromatic heterocycles. The van der Waals surface area contributed by atoms with E-state index in [1.165, 1.54) is 67.6 Å². The Morgan fingerprint density at radius 2 is 1.05 bits per heavy atom. The third-order valence-corrected chi connectivity index (χ3v) is 11.6. The summed E-state index contributed by atoms with van der Waals surface area (Å²) in [6, 6.07) is 19.3. The molecule has 2 aliphatic carbocycles. The second kappa shape index (κ2) is 26.3. The SMILES string of the molecule is CC1=CC2C(C1)C2C(C)C.Cc1cccc2c1COC=C2C(C)C.Cc1cccc2c1COCC=C2C(C)C.Cc1cccc2c1OCC=C2C(C)C.[Y].[Y].[Y].[Y]. The van der Waals surface area contributed by atoms with Crippen molar-refractivity contribution in [3.63, 3.8) is 0 Å². The van der Waals surface area contributed by atoms with Gasteiger partial charge >= 0.3 is 0 Å². The fourth-order valence-electron chi connectivity index (χ4n) is 8.61. The Bertz CT molecular complexity index is 1790. The second-order valence-corrected chi connectivity index (χ2v) is 16.9. The average molecular weight is 1070 g/mol. The van der Waals surface area contributed by atoms with Crippen LogP contribution in [0.15, 0.2) is 84.7 Å². The monoisotopic (exact) mass is 1070 g/mol. The van der Waals surface area contributed by atoms with Gasteiger partial charge in [0.25, 0.3) is 0 Å². The number of hydrogen-bond acceptors (Lipinski definition) is 3. The van der Waals surface area contributed by atoms with Crippen LogP contribution in [0.2, 0.25) is 0 Å². The predicted molar refractivity (Wildman–Crippen MR) is 226 cm³/mol. The molecule has 0 bridgehead atoms. The smallest absolute Gasteiger partial charge is 0.130 e. The third kappa shape index (κ3) is 14.6. The van der Waals surface area contributed by atoms with Gasteiger partial charge in [0.15, 0.2) is 0 Å². The Labute approximate surface area is 447 Å². The van der Waals surface area contributed by atoms with Gasteiger partial charge in [0.1, 0.15) is 19.0 Å². The van der Waals surface area contributed by atoms with Gasteiger partial charge in [0, 0.05) is 136 Å². The molecule has 57 heavy (non-hydrogen) atoms. The fourth-order valence-corrected chi connectivity index (χ4v) is 8.61. The molecule has 0 saturated heterocycles. The van der Waals surface area contributed by atoms with Crippen molar-refractivity contribution in [2.45, 2.75) is 103 Å². The van der Waals surface area contributed by atoms with Gasteiger partial charge in [0.05, 0.1) is 19.5 Å². The number of para-hydroxylation sites is 1. The minimum atomic E-state index is 0. The molecule has 3 aromatic rings. The minimum absolute atomic E-state index is 0. The van der Waals surface area contributed by atoms with Crippen molar-refractivity contribution in [1.82, 2.24) is 0 Å². The molecule has 1 fully saturated rings. The topological polar surface area (TPSA) is 27.7 Å². The van der Waals surface area contributed by atoms with E-state index >= 15 is 0 Å².